The Bertz CT molecular complexity index is 474. The summed E-state index contributed by atoms with van der Waals surface area (Å²) in [5.74, 6) is -1.14. The molecule has 0 bridgehead atoms. The summed E-state index contributed by atoms with van der Waals surface area (Å²) in [6.45, 7) is 4.58. The van der Waals surface area contributed by atoms with Gasteiger partial charge in [0.2, 0.25) is 0 Å². The minimum atomic E-state index is -4.80. The summed E-state index contributed by atoms with van der Waals surface area (Å²) < 4.78 is 42.7. The van der Waals surface area contributed by atoms with E-state index in [1.165, 1.54) is 20.8 Å². The van der Waals surface area contributed by atoms with E-state index in [0.29, 0.717) is 11.3 Å². The second-order valence-electron chi connectivity index (χ2n) is 4.35. The number of halogens is 3. The molecule has 0 saturated carbocycles. The molecule has 0 atom stereocenters. The molecule has 1 heterocycles. The van der Waals surface area contributed by atoms with Crippen LogP contribution in [0.25, 0.3) is 0 Å². The molecule has 100 valence electrons. The van der Waals surface area contributed by atoms with Crippen LogP contribution in [0.4, 0.5) is 13.2 Å². The lowest BCUT2D eigenvalue weighted by atomic mass is 10.2. The van der Waals surface area contributed by atoms with Gasteiger partial charge in [-0.25, -0.2) is 9.78 Å². The van der Waals surface area contributed by atoms with E-state index in [1.807, 2.05) is 0 Å². The van der Waals surface area contributed by atoms with E-state index in [4.69, 9.17) is 4.74 Å². The number of carbonyl (C=O) groups excluding carboxylic acids is 2. The van der Waals surface area contributed by atoms with Crippen LogP contribution < -0.4 is 0 Å². The van der Waals surface area contributed by atoms with Crippen molar-refractivity contribution in [2.75, 3.05) is 0 Å². The van der Waals surface area contributed by atoms with Gasteiger partial charge in [-0.1, -0.05) is 0 Å². The molecule has 0 radical (unpaired) electrons. The molecule has 0 aliphatic rings. The highest BCUT2D eigenvalue weighted by molar-refractivity contribution is 7.15. The van der Waals surface area contributed by atoms with E-state index in [9.17, 15) is 22.8 Å². The zero-order chi connectivity index (χ0) is 14.1. The van der Waals surface area contributed by atoms with Gasteiger partial charge in [-0.3, -0.25) is 4.79 Å². The number of ether oxygens (including phenoxy) is 1. The highest BCUT2D eigenvalue weighted by atomic mass is 32.1. The number of thiazole rings is 1. The topological polar surface area (TPSA) is 56.3 Å². The van der Waals surface area contributed by atoms with Gasteiger partial charge in [0.15, 0.2) is 17.0 Å². The van der Waals surface area contributed by atoms with Crippen molar-refractivity contribution in [2.24, 2.45) is 0 Å². The van der Waals surface area contributed by atoms with Crippen LogP contribution in [0.3, 0.4) is 0 Å². The van der Waals surface area contributed by atoms with Gasteiger partial charge in [-0.15, -0.1) is 11.3 Å². The van der Waals surface area contributed by atoms with Crippen molar-refractivity contribution in [1.29, 1.82) is 0 Å². The first-order chi connectivity index (χ1) is 8.04. The van der Waals surface area contributed by atoms with Crippen LogP contribution in [0.2, 0.25) is 0 Å². The Balaban J connectivity index is 3.19. The van der Waals surface area contributed by atoms with E-state index in [0.717, 1.165) is 0 Å². The second kappa shape index (κ2) is 4.68. The molecule has 0 amide bonds. The standard InChI is InChI=1S/C10H10F3NO3S/c1-9(2,3)17-8(16)6-7(10(11,12)13)14-5(4-15)18-6/h4H,1-3H3. The predicted molar refractivity (Wildman–Crippen MR) is 57.7 cm³/mol. The minimum Gasteiger partial charge on any atom is -0.456 e. The lowest BCUT2D eigenvalue weighted by Gasteiger charge is -2.19. The average Bonchev–Trinajstić information content (AvgIpc) is 2.57. The van der Waals surface area contributed by atoms with Crippen molar-refractivity contribution < 1.29 is 27.5 Å². The Morgan fingerprint density at radius 1 is 1.33 bits per heavy atom. The molecule has 18 heavy (non-hydrogen) atoms. The molecule has 4 nitrogen and oxygen atoms in total. The van der Waals surface area contributed by atoms with Gasteiger partial charge in [0.25, 0.3) is 0 Å². The average molecular weight is 281 g/mol. The van der Waals surface area contributed by atoms with Crippen molar-refractivity contribution in [3.05, 3.63) is 15.6 Å². The van der Waals surface area contributed by atoms with Crippen LogP contribution >= 0.6 is 11.3 Å². The SMILES string of the molecule is CC(C)(C)OC(=O)c1sc(C=O)nc1C(F)(F)F. The Hall–Kier alpha value is -1.44. The molecule has 0 saturated heterocycles. The van der Waals surface area contributed by atoms with Gasteiger partial charge in [0.05, 0.1) is 0 Å². The maximum Gasteiger partial charge on any atom is 0.435 e. The molecular formula is C10H10F3NO3S. The molecule has 0 unspecified atom stereocenters. The molecule has 0 fully saturated rings. The molecule has 0 aliphatic heterocycles. The largest absolute Gasteiger partial charge is 0.456 e. The maximum absolute atomic E-state index is 12.6. The smallest absolute Gasteiger partial charge is 0.435 e. The third-order valence-electron chi connectivity index (χ3n) is 1.60. The number of hydrogen-bond acceptors (Lipinski definition) is 5. The third kappa shape index (κ3) is 3.52. The van der Waals surface area contributed by atoms with E-state index >= 15 is 0 Å². The molecule has 8 heteroatoms. The first-order valence-corrected chi connectivity index (χ1v) is 5.63. The van der Waals surface area contributed by atoms with Gasteiger partial charge in [0, 0.05) is 0 Å². The highest BCUT2D eigenvalue weighted by Gasteiger charge is 2.40. The predicted octanol–water partition coefficient (Wildman–Crippen LogP) is 2.93. The summed E-state index contributed by atoms with van der Waals surface area (Å²) >= 11 is 0.361. The molecule has 0 spiro atoms. The first kappa shape index (κ1) is 14.6. The van der Waals surface area contributed by atoms with Gasteiger partial charge in [-0.2, -0.15) is 13.2 Å². The molecule has 1 rings (SSSR count). The van der Waals surface area contributed by atoms with E-state index in [2.05, 4.69) is 4.98 Å². The van der Waals surface area contributed by atoms with Crippen LogP contribution in [-0.2, 0) is 10.9 Å². The number of aldehydes is 1. The monoisotopic (exact) mass is 281 g/mol. The van der Waals surface area contributed by atoms with E-state index in [-0.39, 0.29) is 6.29 Å². The quantitative estimate of drug-likeness (QED) is 0.617. The third-order valence-corrected chi connectivity index (χ3v) is 2.56. The number of hydrogen-bond donors (Lipinski definition) is 0. The zero-order valence-electron chi connectivity index (χ0n) is 9.79. The fraction of sp³-hybridized carbons (Fsp3) is 0.500. The fourth-order valence-corrected chi connectivity index (χ4v) is 1.82. The zero-order valence-corrected chi connectivity index (χ0v) is 10.6. The Labute approximate surface area is 105 Å². The minimum absolute atomic E-state index is 0.160. The second-order valence-corrected chi connectivity index (χ2v) is 5.38. The molecule has 0 aliphatic carbocycles. The number of nitrogens with zero attached hydrogens (tertiary/aromatic N) is 1. The van der Waals surface area contributed by atoms with E-state index < -0.39 is 33.3 Å². The fourth-order valence-electron chi connectivity index (χ4n) is 1.04. The number of carbonyl (C=O) groups is 2. The number of rotatable bonds is 2. The molecule has 0 aromatic carbocycles. The van der Waals surface area contributed by atoms with E-state index in [1.54, 1.807) is 0 Å². The normalized spacial score (nSPS) is 12.3. The van der Waals surface area contributed by atoms with Gasteiger partial charge < -0.3 is 4.74 Å². The Kier molecular flexibility index (Phi) is 3.80. The molecule has 1 aromatic heterocycles. The van der Waals surface area contributed by atoms with Crippen LogP contribution in [0.15, 0.2) is 0 Å². The van der Waals surface area contributed by atoms with Gasteiger partial charge in [-0.05, 0) is 20.8 Å². The van der Waals surface area contributed by atoms with Crippen molar-refractivity contribution in [1.82, 2.24) is 4.98 Å². The molecule has 1 aromatic rings. The van der Waals surface area contributed by atoms with Crippen molar-refractivity contribution in [2.45, 2.75) is 32.5 Å². The summed E-state index contributed by atoms with van der Waals surface area (Å²) in [6.07, 6.45) is -4.64. The van der Waals surface area contributed by atoms with Gasteiger partial charge in [0.1, 0.15) is 10.5 Å². The van der Waals surface area contributed by atoms with Crippen LogP contribution in [0.5, 0.6) is 0 Å². The summed E-state index contributed by atoms with van der Waals surface area (Å²) in [6, 6.07) is 0. The number of alkyl halides is 3. The van der Waals surface area contributed by atoms with Crippen LogP contribution in [-0.4, -0.2) is 22.8 Å². The number of esters is 1. The Morgan fingerprint density at radius 2 is 1.89 bits per heavy atom. The summed E-state index contributed by atoms with van der Waals surface area (Å²) in [5.41, 5.74) is -2.31. The summed E-state index contributed by atoms with van der Waals surface area (Å²) in [5, 5.41) is -0.414. The van der Waals surface area contributed by atoms with Crippen LogP contribution in [0, 0.1) is 0 Å². The van der Waals surface area contributed by atoms with Crippen molar-refractivity contribution in [3.8, 4) is 0 Å². The first-order valence-electron chi connectivity index (χ1n) is 4.81. The lowest BCUT2D eigenvalue weighted by Crippen LogP contribution is -2.25. The van der Waals surface area contributed by atoms with Crippen LogP contribution in [0.1, 0.15) is 45.9 Å². The van der Waals surface area contributed by atoms with Gasteiger partial charge >= 0.3 is 12.1 Å². The van der Waals surface area contributed by atoms with Crippen molar-refractivity contribution in [3.63, 3.8) is 0 Å². The highest BCUT2D eigenvalue weighted by Crippen LogP contribution is 2.34. The maximum atomic E-state index is 12.6. The Morgan fingerprint density at radius 3 is 2.28 bits per heavy atom. The van der Waals surface area contributed by atoms with Crippen molar-refractivity contribution >= 4 is 23.6 Å². The number of aromatic nitrogens is 1. The lowest BCUT2D eigenvalue weighted by molar-refractivity contribution is -0.141. The summed E-state index contributed by atoms with van der Waals surface area (Å²) in [4.78, 5) is 24.4. The molecule has 0 N–H and O–H groups in total. The molecular weight excluding hydrogens is 271 g/mol. The summed E-state index contributed by atoms with van der Waals surface area (Å²) in [7, 11) is 0.